The third kappa shape index (κ3) is 4.08. The number of hydrogen-bond acceptors (Lipinski definition) is 4. The van der Waals surface area contributed by atoms with Crippen LogP contribution in [0.15, 0.2) is 48.5 Å². The van der Waals surface area contributed by atoms with Crippen molar-refractivity contribution in [3.63, 3.8) is 0 Å². The van der Waals surface area contributed by atoms with E-state index in [-0.39, 0.29) is 5.91 Å². The van der Waals surface area contributed by atoms with E-state index in [1.165, 1.54) is 5.69 Å². The summed E-state index contributed by atoms with van der Waals surface area (Å²) >= 11 is 0. The molecule has 0 bridgehead atoms. The van der Waals surface area contributed by atoms with Crippen LogP contribution in [0.25, 0.3) is 6.08 Å². The van der Waals surface area contributed by atoms with E-state index >= 15 is 0 Å². The van der Waals surface area contributed by atoms with Crippen molar-refractivity contribution in [1.82, 2.24) is 4.90 Å². The van der Waals surface area contributed by atoms with Crippen molar-refractivity contribution in [3.8, 4) is 11.5 Å². The number of carbonyl (C=O) groups is 1. The lowest BCUT2D eigenvalue weighted by molar-refractivity contribution is 0.0746. The molecule has 0 spiro atoms. The zero-order chi connectivity index (χ0) is 19.2. The third-order valence-corrected chi connectivity index (χ3v) is 4.79. The van der Waals surface area contributed by atoms with Crippen molar-refractivity contribution in [2.45, 2.75) is 6.92 Å². The Hall–Kier alpha value is -2.95. The number of nitrogens with zero attached hydrogens (tertiary/aromatic N) is 2. The average Bonchev–Trinajstić information content (AvgIpc) is 2.73. The first-order valence-corrected chi connectivity index (χ1v) is 9.16. The normalized spacial score (nSPS) is 14.5. The largest absolute Gasteiger partial charge is 0.493 e. The quantitative estimate of drug-likeness (QED) is 0.809. The van der Waals surface area contributed by atoms with Gasteiger partial charge in [-0.25, -0.2) is 0 Å². The number of carbonyl (C=O) groups excluding carboxylic acids is 1. The zero-order valence-electron chi connectivity index (χ0n) is 16.1. The summed E-state index contributed by atoms with van der Waals surface area (Å²) in [7, 11) is 3.19. The fraction of sp³-hybridized carbons (Fsp3) is 0.318. The van der Waals surface area contributed by atoms with Crippen molar-refractivity contribution in [3.05, 3.63) is 59.7 Å². The summed E-state index contributed by atoms with van der Waals surface area (Å²) in [6.45, 7) is 4.97. The van der Waals surface area contributed by atoms with Gasteiger partial charge in [-0.1, -0.05) is 30.4 Å². The van der Waals surface area contributed by atoms with Gasteiger partial charge in [-0.3, -0.25) is 4.79 Å². The highest BCUT2D eigenvalue weighted by molar-refractivity contribution is 5.96. The van der Waals surface area contributed by atoms with Gasteiger partial charge >= 0.3 is 0 Å². The number of piperazine rings is 1. The van der Waals surface area contributed by atoms with Gasteiger partial charge in [0.15, 0.2) is 11.5 Å². The first-order chi connectivity index (χ1) is 13.2. The molecule has 3 rings (SSSR count). The van der Waals surface area contributed by atoms with E-state index in [1.807, 2.05) is 48.2 Å². The second-order valence-electron chi connectivity index (χ2n) is 6.42. The predicted octanol–water partition coefficient (Wildman–Crippen LogP) is 3.70. The summed E-state index contributed by atoms with van der Waals surface area (Å²) in [5.41, 5.74) is 2.66. The molecule has 5 nitrogen and oxygen atoms in total. The number of allylic oxidation sites excluding steroid dienone is 1. The second-order valence-corrected chi connectivity index (χ2v) is 6.42. The molecule has 1 fully saturated rings. The fourth-order valence-electron chi connectivity index (χ4n) is 3.41. The lowest BCUT2D eigenvalue weighted by Gasteiger charge is -2.36. The highest BCUT2D eigenvalue weighted by Crippen LogP contribution is 2.34. The number of anilines is 1. The molecule has 0 unspecified atom stereocenters. The lowest BCUT2D eigenvalue weighted by atomic mass is 10.1. The summed E-state index contributed by atoms with van der Waals surface area (Å²) < 4.78 is 10.9. The van der Waals surface area contributed by atoms with Crippen molar-refractivity contribution in [1.29, 1.82) is 0 Å². The Morgan fingerprint density at radius 3 is 2.30 bits per heavy atom. The standard InChI is InChI=1S/C22H26N2O3/c1-4-8-17-15-18(16-20(26-2)21(17)27-3)22(25)24-13-11-23(12-14-24)19-9-6-5-7-10-19/h4-10,15-16H,11-14H2,1-3H3. The number of ether oxygens (including phenoxy) is 2. The second kappa shape index (κ2) is 8.62. The van der Waals surface area contributed by atoms with E-state index in [1.54, 1.807) is 20.3 Å². The Bertz CT molecular complexity index is 810. The van der Waals surface area contributed by atoms with Gasteiger partial charge in [0, 0.05) is 43.0 Å². The number of para-hydroxylation sites is 1. The van der Waals surface area contributed by atoms with Gasteiger partial charge in [-0.05, 0) is 31.2 Å². The molecule has 1 aliphatic rings. The molecular formula is C22H26N2O3. The molecular weight excluding hydrogens is 340 g/mol. The summed E-state index contributed by atoms with van der Waals surface area (Å²) in [4.78, 5) is 17.3. The lowest BCUT2D eigenvalue weighted by Crippen LogP contribution is -2.48. The van der Waals surface area contributed by atoms with E-state index < -0.39 is 0 Å². The van der Waals surface area contributed by atoms with Gasteiger partial charge < -0.3 is 19.3 Å². The maximum Gasteiger partial charge on any atom is 0.254 e. The van der Waals surface area contributed by atoms with Crippen LogP contribution in [-0.2, 0) is 0 Å². The Morgan fingerprint density at radius 2 is 1.70 bits per heavy atom. The molecule has 0 saturated carbocycles. The van der Waals surface area contributed by atoms with E-state index in [0.717, 1.165) is 18.7 Å². The third-order valence-electron chi connectivity index (χ3n) is 4.79. The minimum Gasteiger partial charge on any atom is -0.493 e. The van der Waals surface area contributed by atoms with Crippen molar-refractivity contribution < 1.29 is 14.3 Å². The van der Waals surface area contributed by atoms with Crippen LogP contribution in [0.3, 0.4) is 0 Å². The van der Waals surface area contributed by atoms with Crippen LogP contribution < -0.4 is 14.4 Å². The molecule has 0 aromatic heterocycles. The number of rotatable bonds is 5. The predicted molar refractivity (Wildman–Crippen MR) is 109 cm³/mol. The molecule has 1 saturated heterocycles. The Labute approximate surface area is 160 Å². The fourth-order valence-corrected chi connectivity index (χ4v) is 3.41. The van der Waals surface area contributed by atoms with Gasteiger partial charge in [-0.2, -0.15) is 0 Å². The number of hydrogen-bond donors (Lipinski definition) is 0. The minimum absolute atomic E-state index is 0.0226. The van der Waals surface area contributed by atoms with Crippen LogP contribution >= 0.6 is 0 Å². The summed E-state index contributed by atoms with van der Waals surface area (Å²) in [6.07, 6.45) is 3.84. The van der Waals surface area contributed by atoms with Gasteiger partial charge in [0.2, 0.25) is 0 Å². The van der Waals surface area contributed by atoms with Gasteiger partial charge in [-0.15, -0.1) is 0 Å². The zero-order valence-corrected chi connectivity index (χ0v) is 16.1. The molecule has 2 aromatic rings. The van der Waals surface area contributed by atoms with Gasteiger partial charge in [0.25, 0.3) is 5.91 Å². The van der Waals surface area contributed by atoms with Crippen LogP contribution in [0.2, 0.25) is 0 Å². The molecule has 0 radical (unpaired) electrons. The number of benzene rings is 2. The molecule has 2 aromatic carbocycles. The van der Waals surface area contributed by atoms with Crippen molar-refractivity contribution >= 4 is 17.7 Å². The van der Waals surface area contributed by atoms with Crippen molar-refractivity contribution in [2.24, 2.45) is 0 Å². The first-order valence-electron chi connectivity index (χ1n) is 9.16. The van der Waals surface area contributed by atoms with E-state index in [4.69, 9.17) is 9.47 Å². The smallest absolute Gasteiger partial charge is 0.254 e. The Morgan fingerprint density at radius 1 is 1.00 bits per heavy atom. The maximum atomic E-state index is 13.1. The number of methoxy groups -OCH3 is 2. The molecule has 1 amide bonds. The van der Waals surface area contributed by atoms with Crippen LogP contribution in [-0.4, -0.2) is 51.2 Å². The van der Waals surface area contributed by atoms with Gasteiger partial charge in [0.1, 0.15) is 0 Å². The minimum atomic E-state index is 0.0226. The summed E-state index contributed by atoms with van der Waals surface area (Å²) in [6, 6.07) is 13.9. The van der Waals surface area contributed by atoms with E-state index in [0.29, 0.717) is 30.2 Å². The maximum absolute atomic E-state index is 13.1. The molecule has 5 heteroatoms. The monoisotopic (exact) mass is 366 g/mol. The topological polar surface area (TPSA) is 42.0 Å². The molecule has 1 aliphatic heterocycles. The van der Waals surface area contributed by atoms with E-state index in [2.05, 4.69) is 17.0 Å². The SMILES string of the molecule is CC=Cc1cc(C(=O)N2CCN(c3ccccc3)CC2)cc(OC)c1OC. The highest BCUT2D eigenvalue weighted by Gasteiger charge is 2.24. The Kier molecular flexibility index (Phi) is 6.01. The van der Waals surface area contributed by atoms with Crippen LogP contribution in [0.5, 0.6) is 11.5 Å². The summed E-state index contributed by atoms with van der Waals surface area (Å²) in [5, 5.41) is 0. The van der Waals surface area contributed by atoms with E-state index in [9.17, 15) is 4.79 Å². The molecule has 0 aliphatic carbocycles. The Balaban J connectivity index is 1.77. The first kappa shape index (κ1) is 18.8. The summed E-state index contributed by atoms with van der Waals surface area (Å²) in [5.74, 6) is 1.23. The molecule has 27 heavy (non-hydrogen) atoms. The van der Waals surface area contributed by atoms with Crippen molar-refractivity contribution in [2.75, 3.05) is 45.3 Å². The molecule has 0 atom stereocenters. The van der Waals surface area contributed by atoms with Crippen LogP contribution in [0.1, 0.15) is 22.8 Å². The van der Waals surface area contributed by atoms with Crippen LogP contribution in [0, 0.1) is 0 Å². The van der Waals surface area contributed by atoms with Gasteiger partial charge in [0.05, 0.1) is 14.2 Å². The van der Waals surface area contributed by atoms with Crippen LogP contribution in [0.4, 0.5) is 5.69 Å². The molecule has 0 N–H and O–H groups in total. The average molecular weight is 366 g/mol. The highest BCUT2D eigenvalue weighted by atomic mass is 16.5. The molecule has 142 valence electrons. The molecule has 1 heterocycles. The number of amides is 1.